The predicted molar refractivity (Wildman–Crippen MR) is 343 cm³/mol. The lowest BCUT2D eigenvalue weighted by atomic mass is 10.0. The molecule has 0 rings (SSSR count). The maximum Gasteiger partial charge on any atom is 0.306 e. The Bertz CT molecular complexity index is 1640. The molecule has 0 aromatic rings. The molecule has 0 spiro atoms. The molecule has 0 heterocycles. The van der Waals surface area contributed by atoms with E-state index in [2.05, 4.69) is 142 Å². The van der Waals surface area contributed by atoms with E-state index in [9.17, 15) is 14.4 Å². The van der Waals surface area contributed by atoms with Crippen molar-refractivity contribution in [1.29, 1.82) is 0 Å². The molecular formula is C73H122O6. The monoisotopic (exact) mass is 1090 g/mol. The molecular weight excluding hydrogens is 973 g/mol. The molecule has 6 nitrogen and oxygen atoms in total. The second kappa shape index (κ2) is 66.3. The number of carbonyl (C=O) groups is 3. The van der Waals surface area contributed by atoms with Crippen molar-refractivity contribution < 1.29 is 28.6 Å². The summed E-state index contributed by atoms with van der Waals surface area (Å²) in [4.78, 5) is 38.4. The molecule has 450 valence electrons. The highest BCUT2D eigenvalue weighted by Crippen LogP contribution is 2.16. The van der Waals surface area contributed by atoms with Crippen LogP contribution in [0.5, 0.6) is 0 Å². The normalized spacial score (nSPS) is 12.9. The summed E-state index contributed by atoms with van der Waals surface area (Å²) in [7, 11) is 0. The van der Waals surface area contributed by atoms with E-state index in [4.69, 9.17) is 14.2 Å². The van der Waals surface area contributed by atoms with Gasteiger partial charge >= 0.3 is 17.9 Å². The van der Waals surface area contributed by atoms with Crippen LogP contribution in [0.25, 0.3) is 0 Å². The number of ether oxygens (including phenoxy) is 3. The van der Waals surface area contributed by atoms with Crippen LogP contribution >= 0.6 is 0 Å². The smallest absolute Gasteiger partial charge is 0.306 e. The van der Waals surface area contributed by atoms with Crippen LogP contribution in [-0.2, 0) is 28.6 Å². The molecule has 1 unspecified atom stereocenters. The molecule has 0 aromatic heterocycles. The molecule has 0 bridgehead atoms. The minimum Gasteiger partial charge on any atom is -0.462 e. The molecule has 0 fully saturated rings. The average molecular weight is 1100 g/mol. The van der Waals surface area contributed by atoms with E-state index in [1.165, 1.54) is 116 Å². The molecule has 0 saturated carbocycles. The van der Waals surface area contributed by atoms with E-state index in [1.807, 2.05) is 0 Å². The Hall–Kier alpha value is -4.19. The van der Waals surface area contributed by atoms with Crippen LogP contribution in [0.3, 0.4) is 0 Å². The summed E-state index contributed by atoms with van der Waals surface area (Å²) in [6, 6.07) is 0. The lowest BCUT2D eigenvalue weighted by molar-refractivity contribution is -0.167. The summed E-state index contributed by atoms with van der Waals surface area (Å²) >= 11 is 0. The molecule has 1 atom stereocenters. The van der Waals surface area contributed by atoms with Crippen LogP contribution in [0.2, 0.25) is 0 Å². The van der Waals surface area contributed by atoms with E-state index < -0.39 is 6.10 Å². The van der Waals surface area contributed by atoms with Crippen LogP contribution in [-0.4, -0.2) is 37.2 Å². The van der Waals surface area contributed by atoms with Crippen molar-refractivity contribution in [3.05, 3.63) is 122 Å². The Morgan fingerprint density at radius 2 is 0.494 bits per heavy atom. The molecule has 6 heteroatoms. The molecule has 0 aliphatic rings. The standard InChI is InChI=1S/C73H122O6/c1-4-7-10-13-16-19-22-25-28-31-34-35-36-37-40-42-45-48-51-54-57-60-63-66-72(75)78-69-70(79-73(76)67-64-61-58-55-52-49-46-43-39-33-30-27-24-21-18-15-12-9-6-3)68-77-71(74)65-62-59-56-53-50-47-44-41-38-32-29-26-23-20-17-14-11-8-5-2/h7,9-10,12,16,18-19,21,25,27-28,30,34-35,37,39-40,43,45,48,70H,4-6,8,11,13-15,17,20,22-24,26,29,31-33,36,38,41-42,44,46-47,49-69H2,1-3H3/b10-7-,12-9-,19-16-,21-18-,28-25-,30-27-,35-34-,40-37-,43-39-,48-45-. The van der Waals surface area contributed by atoms with Gasteiger partial charge in [0.15, 0.2) is 6.10 Å². The maximum absolute atomic E-state index is 12.9. The highest BCUT2D eigenvalue weighted by atomic mass is 16.6. The number of unbranched alkanes of at least 4 members (excludes halogenated alkanes) is 28. The van der Waals surface area contributed by atoms with Crippen LogP contribution in [0.4, 0.5) is 0 Å². The van der Waals surface area contributed by atoms with Crippen LogP contribution in [0, 0.1) is 0 Å². The van der Waals surface area contributed by atoms with Gasteiger partial charge in [0.1, 0.15) is 13.2 Å². The molecule has 0 aromatic carbocycles. The van der Waals surface area contributed by atoms with Gasteiger partial charge in [0.25, 0.3) is 0 Å². The van der Waals surface area contributed by atoms with Gasteiger partial charge in [-0.2, -0.15) is 0 Å². The lowest BCUT2D eigenvalue weighted by Gasteiger charge is -2.18. The Morgan fingerprint density at radius 3 is 0.772 bits per heavy atom. The fraction of sp³-hybridized carbons (Fsp3) is 0.685. The number of hydrogen-bond acceptors (Lipinski definition) is 6. The van der Waals surface area contributed by atoms with Crippen LogP contribution in [0.1, 0.15) is 303 Å². The number of carbonyl (C=O) groups excluding carboxylic acids is 3. The first-order valence-electron chi connectivity index (χ1n) is 33.0. The van der Waals surface area contributed by atoms with E-state index in [1.54, 1.807) is 0 Å². The minimum atomic E-state index is -0.801. The van der Waals surface area contributed by atoms with Crippen molar-refractivity contribution >= 4 is 17.9 Å². The molecule has 0 radical (unpaired) electrons. The van der Waals surface area contributed by atoms with Gasteiger partial charge in [-0.15, -0.1) is 0 Å². The fourth-order valence-electron chi connectivity index (χ4n) is 9.09. The van der Waals surface area contributed by atoms with Crippen molar-refractivity contribution in [3.63, 3.8) is 0 Å². The third-order valence-corrected chi connectivity index (χ3v) is 14.0. The first kappa shape index (κ1) is 74.8. The predicted octanol–water partition coefficient (Wildman–Crippen LogP) is 22.8. The first-order valence-corrected chi connectivity index (χ1v) is 33.0. The third kappa shape index (κ3) is 64.5. The summed E-state index contributed by atoms with van der Waals surface area (Å²) in [5, 5.41) is 0. The van der Waals surface area contributed by atoms with E-state index in [0.29, 0.717) is 19.3 Å². The quantitative estimate of drug-likeness (QED) is 0.0261. The van der Waals surface area contributed by atoms with Crippen molar-refractivity contribution in [3.8, 4) is 0 Å². The molecule has 0 amide bonds. The lowest BCUT2D eigenvalue weighted by Crippen LogP contribution is -2.30. The zero-order valence-electron chi connectivity index (χ0n) is 51.6. The summed E-state index contributed by atoms with van der Waals surface area (Å²) in [5.41, 5.74) is 0. The van der Waals surface area contributed by atoms with Gasteiger partial charge in [0.2, 0.25) is 0 Å². The van der Waals surface area contributed by atoms with Gasteiger partial charge in [-0.1, -0.05) is 296 Å². The molecule has 0 saturated heterocycles. The topological polar surface area (TPSA) is 78.9 Å². The first-order chi connectivity index (χ1) is 39.0. The third-order valence-electron chi connectivity index (χ3n) is 14.0. The Balaban J connectivity index is 4.46. The minimum absolute atomic E-state index is 0.0924. The molecule has 79 heavy (non-hydrogen) atoms. The van der Waals surface area contributed by atoms with Crippen molar-refractivity contribution in [1.82, 2.24) is 0 Å². The Morgan fingerprint density at radius 1 is 0.266 bits per heavy atom. The van der Waals surface area contributed by atoms with Crippen LogP contribution in [0.15, 0.2) is 122 Å². The average Bonchev–Trinajstić information content (AvgIpc) is 3.45. The van der Waals surface area contributed by atoms with Crippen molar-refractivity contribution in [2.24, 2.45) is 0 Å². The number of esters is 3. The fourth-order valence-corrected chi connectivity index (χ4v) is 9.09. The van der Waals surface area contributed by atoms with Crippen LogP contribution < -0.4 is 0 Å². The summed E-state index contributed by atoms with van der Waals surface area (Å²) in [6.45, 7) is 6.41. The molecule has 0 N–H and O–H groups in total. The van der Waals surface area contributed by atoms with E-state index >= 15 is 0 Å². The van der Waals surface area contributed by atoms with Gasteiger partial charge in [-0.3, -0.25) is 14.4 Å². The van der Waals surface area contributed by atoms with E-state index in [-0.39, 0.29) is 31.1 Å². The highest BCUT2D eigenvalue weighted by Gasteiger charge is 2.19. The summed E-state index contributed by atoms with van der Waals surface area (Å²) < 4.78 is 16.9. The zero-order chi connectivity index (χ0) is 57.1. The van der Waals surface area contributed by atoms with Gasteiger partial charge in [-0.25, -0.2) is 0 Å². The summed E-state index contributed by atoms with van der Waals surface area (Å²) in [5.74, 6) is -0.923. The second-order valence-electron chi connectivity index (χ2n) is 21.6. The number of allylic oxidation sites excluding steroid dienone is 20. The van der Waals surface area contributed by atoms with Gasteiger partial charge in [0, 0.05) is 19.3 Å². The van der Waals surface area contributed by atoms with Gasteiger partial charge in [-0.05, 0) is 109 Å². The SMILES string of the molecule is CC/C=C\C/C=C\C/C=C\C/C=C\C/C=C\C/C=C\CCCCCCC(=O)OCC(COC(=O)CCCCCCCCCCCCCCCCCCCCC)OC(=O)CCCCCCCC/C=C\C/C=C\C/C=C\C/C=C\CC. The number of rotatable bonds is 59. The largest absolute Gasteiger partial charge is 0.462 e. The molecule has 0 aliphatic carbocycles. The maximum atomic E-state index is 12.9. The number of hydrogen-bond donors (Lipinski definition) is 0. The highest BCUT2D eigenvalue weighted by molar-refractivity contribution is 5.71. The molecule has 0 aliphatic heterocycles. The van der Waals surface area contributed by atoms with Crippen molar-refractivity contribution in [2.75, 3.05) is 13.2 Å². The summed E-state index contributed by atoms with van der Waals surface area (Å²) in [6.07, 6.45) is 92.0. The Kier molecular flexibility index (Phi) is 62.8. The van der Waals surface area contributed by atoms with Crippen molar-refractivity contribution in [2.45, 2.75) is 309 Å². The zero-order valence-corrected chi connectivity index (χ0v) is 51.6. The Labute approximate surface area is 488 Å². The van der Waals surface area contributed by atoms with Gasteiger partial charge < -0.3 is 14.2 Å². The van der Waals surface area contributed by atoms with Gasteiger partial charge in [0.05, 0.1) is 0 Å². The van der Waals surface area contributed by atoms with E-state index in [0.717, 1.165) is 148 Å². The second-order valence-corrected chi connectivity index (χ2v) is 21.6.